The summed E-state index contributed by atoms with van der Waals surface area (Å²) in [5, 5.41) is 2.98. The number of carbonyl (C=O) groups is 1. The molecule has 16 heavy (non-hydrogen) atoms. The van der Waals surface area contributed by atoms with Crippen LogP contribution in [0.5, 0.6) is 0 Å². The topological polar surface area (TPSA) is 32.3 Å². The minimum absolute atomic E-state index is 0.170. The summed E-state index contributed by atoms with van der Waals surface area (Å²) in [4.78, 5) is 13.7. The molecule has 1 aliphatic heterocycles. The maximum Gasteiger partial charge on any atom is 0.221 e. The summed E-state index contributed by atoms with van der Waals surface area (Å²) in [6, 6.07) is 10.6. The molecule has 1 aliphatic rings. The molecular formula is C13H18N2O. The van der Waals surface area contributed by atoms with Crippen molar-refractivity contribution in [2.24, 2.45) is 0 Å². The van der Waals surface area contributed by atoms with Crippen molar-refractivity contribution >= 4 is 5.91 Å². The lowest BCUT2D eigenvalue weighted by Crippen LogP contribution is -2.36. The van der Waals surface area contributed by atoms with Crippen molar-refractivity contribution < 1.29 is 4.79 Å². The molecular weight excluding hydrogens is 200 g/mol. The lowest BCUT2D eigenvalue weighted by molar-refractivity contribution is -0.121. The van der Waals surface area contributed by atoms with Crippen molar-refractivity contribution in [1.29, 1.82) is 0 Å². The van der Waals surface area contributed by atoms with Crippen LogP contribution in [0.15, 0.2) is 30.3 Å². The third-order valence-corrected chi connectivity index (χ3v) is 2.84. The Morgan fingerprint density at radius 3 is 2.88 bits per heavy atom. The van der Waals surface area contributed by atoms with Gasteiger partial charge in [0.1, 0.15) is 0 Å². The van der Waals surface area contributed by atoms with Gasteiger partial charge in [0.2, 0.25) is 5.91 Å². The first-order chi connectivity index (χ1) is 7.74. The molecule has 86 valence electrons. The normalized spacial score (nSPS) is 22.6. The standard InChI is InChI=1S/C13H18N2O/c1-11-9-15(8-7-13(16)14-11)10-12-5-3-2-4-6-12/h2-6,11H,7-10H2,1H3,(H,14,16)/t11-/m0/s1. The third-order valence-electron chi connectivity index (χ3n) is 2.84. The number of hydrogen-bond donors (Lipinski definition) is 1. The number of nitrogens with one attached hydrogen (secondary N) is 1. The van der Waals surface area contributed by atoms with Gasteiger partial charge in [-0.05, 0) is 12.5 Å². The van der Waals surface area contributed by atoms with Gasteiger partial charge in [0.15, 0.2) is 0 Å². The Kier molecular flexibility index (Phi) is 3.57. The minimum atomic E-state index is 0.170. The summed E-state index contributed by atoms with van der Waals surface area (Å²) in [7, 11) is 0. The fourth-order valence-corrected chi connectivity index (χ4v) is 2.12. The van der Waals surface area contributed by atoms with Gasteiger partial charge in [-0.25, -0.2) is 0 Å². The lowest BCUT2D eigenvalue weighted by Gasteiger charge is -2.21. The largest absolute Gasteiger partial charge is 0.352 e. The van der Waals surface area contributed by atoms with Gasteiger partial charge >= 0.3 is 0 Å². The van der Waals surface area contributed by atoms with Gasteiger partial charge in [0.25, 0.3) is 0 Å². The summed E-state index contributed by atoms with van der Waals surface area (Å²) in [5.41, 5.74) is 1.31. The molecule has 0 aliphatic carbocycles. The smallest absolute Gasteiger partial charge is 0.221 e. The zero-order valence-corrected chi connectivity index (χ0v) is 9.65. The van der Waals surface area contributed by atoms with Crippen molar-refractivity contribution in [2.45, 2.75) is 25.9 Å². The number of amides is 1. The van der Waals surface area contributed by atoms with E-state index in [0.29, 0.717) is 6.42 Å². The maximum atomic E-state index is 11.4. The van der Waals surface area contributed by atoms with E-state index in [2.05, 4.69) is 41.4 Å². The van der Waals surface area contributed by atoms with Crippen molar-refractivity contribution in [1.82, 2.24) is 10.2 Å². The molecule has 1 aromatic rings. The molecule has 3 heteroatoms. The SMILES string of the molecule is C[C@H]1CN(Cc2ccccc2)CCC(=O)N1. The molecule has 1 saturated heterocycles. The average Bonchev–Trinajstić information content (AvgIpc) is 2.41. The minimum Gasteiger partial charge on any atom is -0.352 e. The van der Waals surface area contributed by atoms with E-state index < -0.39 is 0 Å². The van der Waals surface area contributed by atoms with Crippen LogP contribution in [-0.4, -0.2) is 29.9 Å². The summed E-state index contributed by atoms with van der Waals surface area (Å²) in [5.74, 6) is 0.170. The Labute approximate surface area is 96.5 Å². The molecule has 1 heterocycles. The second kappa shape index (κ2) is 5.12. The number of benzene rings is 1. The molecule has 0 saturated carbocycles. The van der Waals surface area contributed by atoms with Gasteiger partial charge in [0.05, 0.1) is 0 Å². The average molecular weight is 218 g/mol. The van der Waals surface area contributed by atoms with Gasteiger partial charge in [-0.15, -0.1) is 0 Å². The molecule has 0 unspecified atom stereocenters. The van der Waals surface area contributed by atoms with Crippen LogP contribution < -0.4 is 5.32 Å². The fourth-order valence-electron chi connectivity index (χ4n) is 2.12. The van der Waals surface area contributed by atoms with E-state index in [1.54, 1.807) is 0 Å². The monoisotopic (exact) mass is 218 g/mol. The van der Waals surface area contributed by atoms with Crippen molar-refractivity contribution in [3.05, 3.63) is 35.9 Å². The Morgan fingerprint density at radius 1 is 1.38 bits per heavy atom. The Hall–Kier alpha value is -1.35. The number of carbonyl (C=O) groups excluding carboxylic acids is 1. The first-order valence-corrected chi connectivity index (χ1v) is 5.79. The highest BCUT2D eigenvalue weighted by atomic mass is 16.1. The van der Waals surface area contributed by atoms with Crippen molar-refractivity contribution in [3.63, 3.8) is 0 Å². The number of hydrogen-bond acceptors (Lipinski definition) is 2. The molecule has 3 nitrogen and oxygen atoms in total. The number of rotatable bonds is 2. The number of nitrogens with zero attached hydrogens (tertiary/aromatic N) is 1. The zero-order chi connectivity index (χ0) is 11.4. The summed E-state index contributed by atoms with van der Waals surface area (Å²) >= 11 is 0. The Bertz CT molecular complexity index is 350. The first-order valence-electron chi connectivity index (χ1n) is 5.79. The molecule has 1 amide bonds. The van der Waals surface area contributed by atoms with E-state index in [0.717, 1.165) is 19.6 Å². The predicted molar refractivity (Wildman–Crippen MR) is 63.9 cm³/mol. The van der Waals surface area contributed by atoms with Gasteiger partial charge < -0.3 is 5.32 Å². The van der Waals surface area contributed by atoms with Crippen LogP contribution in [0, 0.1) is 0 Å². The molecule has 0 spiro atoms. The highest BCUT2D eigenvalue weighted by Gasteiger charge is 2.18. The Morgan fingerprint density at radius 2 is 2.12 bits per heavy atom. The van der Waals surface area contributed by atoms with E-state index in [4.69, 9.17) is 0 Å². The molecule has 1 N–H and O–H groups in total. The van der Waals surface area contributed by atoms with Gasteiger partial charge in [0, 0.05) is 32.1 Å². The van der Waals surface area contributed by atoms with E-state index >= 15 is 0 Å². The maximum absolute atomic E-state index is 11.4. The van der Waals surface area contributed by atoms with Gasteiger partial charge in [-0.3, -0.25) is 9.69 Å². The van der Waals surface area contributed by atoms with E-state index in [1.165, 1.54) is 5.56 Å². The summed E-state index contributed by atoms with van der Waals surface area (Å²) < 4.78 is 0. The molecule has 0 aromatic heterocycles. The van der Waals surface area contributed by atoms with E-state index in [1.807, 2.05) is 6.07 Å². The van der Waals surface area contributed by atoms with Gasteiger partial charge in [-0.2, -0.15) is 0 Å². The van der Waals surface area contributed by atoms with Crippen LogP contribution in [0.3, 0.4) is 0 Å². The van der Waals surface area contributed by atoms with Crippen LogP contribution in [0.2, 0.25) is 0 Å². The summed E-state index contributed by atoms with van der Waals surface area (Å²) in [6.45, 7) is 4.77. The molecule has 1 aromatic carbocycles. The highest BCUT2D eigenvalue weighted by Crippen LogP contribution is 2.08. The van der Waals surface area contributed by atoms with Crippen molar-refractivity contribution in [2.75, 3.05) is 13.1 Å². The second-order valence-electron chi connectivity index (χ2n) is 4.44. The third kappa shape index (κ3) is 3.07. The second-order valence-corrected chi connectivity index (χ2v) is 4.44. The summed E-state index contributed by atoms with van der Waals surface area (Å²) in [6.07, 6.45) is 0.608. The first kappa shape index (κ1) is 11.1. The molecule has 0 bridgehead atoms. The molecule has 2 rings (SSSR count). The zero-order valence-electron chi connectivity index (χ0n) is 9.65. The van der Waals surface area contributed by atoms with Crippen molar-refractivity contribution in [3.8, 4) is 0 Å². The molecule has 1 atom stereocenters. The van der Waals surface area contributed by atoms with E-state index in [9.17, 15) is 4.79 Å². The molecule has 1 fully saturated rings. The van der Waals surface area contributed by atoms with E-state index in [-0.39, 0.29) is 11.9 Å². The predicted octanol–water partition coefficient (Wildman–Crippen LogP) is 1.40. The highest BCUT2D eigenvalue weighted by molar-refractivity contribution is 5.76. The lowest BCUT2D eigenvalue weighted by atomic mass is 10.2. The van der Waals surface area contributed by atoms with Crippen LogP contribution in [0.4, 0.5) is 0 Å². The quantitative estimate of drug-likeness (QED) is 0.813. The van der Waals surface area contributed by atoms with Crippen LogP contribution in [0.1, 0.15) is 18.9 Å². The van der Waals surface area contributed by atoms with Gasteiger partial charge in [-0.1, -0.05) is 30.3 Å². The van der Waals surface area contributed by atoms with Crippen LogP contribution in [0.25, 0.3) is 0 Å². The van der Waals surface area contributed by atoms with Crippen LogP contribution >= 0.6 is 0 Å². The van der Waals surface area contributed by atoms with Crippen LogP contribution in [-0.2, 0) is 11.3 Å². The Balaban J connectivity index is 1.97. The molecule has 0 radical (unpaired) electrons. The fraction of sp³-hybridized carbons (Fsp3) is 0.462.